The molecule has 0 aromatic heterocycles. The number of guanidine groups is 1. The molecule has 1 heterocycles. The molecule has 17 amide bonds. The van der Waals surface area contributed by atoms with Gasteiger partial charge in [0.1, 0.15) is 84.6 Å². The summed E-state index contributed by atoms with van der Waals surface area (Å²) in [6.45, 7) is 5.57. The number of carbonyl (C=O) groups is 20. The first-order valence-electron chi connectivity index (χ1n) is 36.4. The second-order valence-electron chi connectivity index (χ2n) is 27.7. The number of amides is 17. The summed E-state index contributed by atoms with van der Waals surface area (Å²) in [5.74, 6) is -25.5. The maximum absolute atomic E-state index is 14.5. The van der Waals surface area contributed by atoms with E-state index in [1.54, 1.807) is 27.7 Å². The fourth-order valence-electron chi connectivity index (χ4n) is 11.0. The standard InChI is InChI=1S/C66H112N22O26/c1-29(2)21-37(81-59(107)40(24-47(70)94)83-58(106)38(22-30(3)4)82-61(109)42(27-89)86-63(111)51(71)32(6)91)57(105)79-35(14-16-45(68)92)56(104)78-34(11-7-8-18-67)55(103)84-41(25-50(98)99)60(108)80-36(15-17-49(96)97)64(112)88-20-10-13-44(88)62(110)85-39(23-46(69)93)53(101)75-26-48(95)77-33(12-9-19-74-66(72)73)54(102)76-31(5)52(100)87-43(28-90)65(113)114/h29-44,51,89-91H,7-28,67,71H2,1-6H3,(H2,68,92)(H2,69,93)(H2,70,94)(H,75,101)(H,76,102)(H,77,95)(H,78,104)(H,79,105)(H,80,108)(H,81,107)(H,82,109)(H,83,106)(H,84,103)(H,85,110)(H,86,111)(H,87,100)(H,96,97)(H,98,99)(H,113,114)(H4,72,73,74)/t31-,32+,33-,34-,35-,36-,37-,38-,39-,40-,41-,42-,43-,44-,51-/m0/s1. The summed E-state index contributed by atoms with van der Waals surface area (Å²) in [7, 11) is 0. The van der Waals surface area contributed by atoms with E-state index in [1.807, 2.05) is 5.32 Å². The van der Waals surface area contributed by atoms with Crippen molar-refractivity contribution in [2.75, 3.05) is 39.4 Å². The van der Waals surface area contributed by atoms with Gasteiger partial charge in [-0.3, -0.25) is 96.1 Å². The number of unbranched alkanes of at least 4 members (excludes halogenated alkanes) is 1. The van der Waals surface area contributed by atoms with Crippen LogP contribution in [0.15, 0.2) is 4.99 Å². The van der Waals surface area contributed by atoms with Gasteiger partial charge >= 0.3 is 17.9 Å². The molecule has 1 fully saturated rings. The second kappa shape index (κ2) is 51.2. The smallest absolute Gasteiger partial charge is 0.328 e. The molecule has 48 nitrogen and oxygen atoms in total. The van der Waals surface area contributed by atoms with Crippen LogP contribution < -0.4 is 109 Å². The van der Waals surface area contributed by atoms with Crippen molar-refractivity contribution in [3.63, 3.8) is 0 Å². The van der Waals surface area contributed by atoms with Crippen molar-refractivity contribution < 1.29 is 127 Å². The van der Waals surface area contributed by atoms with Gasteiger partial charge in [0.2, 0.25) is 100 Å². The van der Waals surface area contributed by atoms with Gasteiger partial charge in [0.25, 0.3) is 0 Å². The number of aliphatic hydroxyl groups is 3. The number of aliphatic carboxylic acids is 3. The minimum absolute atomic E-state index is 0.0213. The van der Waals surface area contributed by atoms with E-state index in [4.69, 9.17) is 40.1 Å². The third-order valence-corrected chi connectivity index (χ3v) is 17.0. The topological polar surface area (TPSA) is 817 Å². The Morgan fingerprint density at radius 1 is 0.439 bits per heavy atom. The highest BCUT2D eigenvalue weighted by Crippen LogP contribution is 2.21. The molecule has 114 heavy (non-hydrogen) atoms. The minimum Gasteiger partial charge on any atom is -0.481 e. The van der Waals surface area contributed by atoms with Gasteiger partial charge in [-0.05, 0) is 103 Å². The molecule has 0 radical (unpaired) electrons. The predicted octanol–water partition coefficient (Wildman–Crippen LogP) is -12.7. The van der Waals surface area contributed by atoms with Gasteiger partial charge in [-0.1, -0.05) is 27.7 Å². The molecule has 1 aliphatic rings. The summed E-state index contributed by atoms with van der Waals surface area (Å²) in [6.07, 6.45) is -8.09. The summed E-state index contributed by atoms with van der Waals surface area (Å²) in [4.78, 5) is 270. The molecular weight excluding hydrogens is 1520 g/mol. The normalized spacial score (nSPS) is 16.1. The van der Waals surface area contributed by atoms with E-state index in [1.165, 1.54) is 6.92 Å². The Hall–Kier alpha value is -11.5. The van der Waals surface area contributed by atoms with Crippen molar-refractivity contribution in [1.82, 2.24) is 74.0 Å². The van der Waals surface area contributed by atoms with E-state index >= 15 is 0 Å². The Morgan fingerprint density at radius 2 is 0.860 bits per heavy atom. The summed E-state index contributed by atoms with van der Waals surface area (Å²) < 4.78 is 0. The SMILES string of the molecule is CC(C)C[C@H](NC(=O)[C@H](CC(N)=O)NC(=O)[C@H](CC(C)C)NC(=O)[C@H](CO)NC(=O)[C@@H](N)[C@@H](C)O)C(=O)N[C@@H](CCC(N)=O)C(=O)N[C@@H](CCCCN)C(=O)N[C@@H](CC(=O)O)C(=O)N[C@@H](CCC(=O)O)C(=O)N1CCC[C@H]1C(=O)N[C@@H](CC(N)=O)C(=O)NCC(=O)N[C@@H](CCCN=C(N)N)C(=O)N[C@@H](C)C(=O)N[C@@H](CO)C(=O)O. The zero-order chi connectivity index (χ0) is 87.0. The molecule has 0 spiro atoms. The summed E-state index contributed by atoms with van der Waals surface area (Å²) in [5.41, 5.74) is 38.5. The van der Waals surface area contributed by atoms with Crippen molar-refractivity contribution in [3.8, 4) is 0 Å². The highest BCUT2D eigenvalue weighted by molar-refractivity contribution is 6.02. The van der Waals surface area contributed by atoms with Crippen LogP contribution in [0, 0.1) is 11.8 Å². The Balaban J connectivity index is 3.63. The van der Waals surface area contributed by atoms with Gasteiger partial charge in [0, 0.05) is 25.9 Å². The van der Waals surface area contributed by atoms with Gasteiger partial charge in [-0.15, -0.1) is 0 Å². The number of hydrogen-bond acceptors (Lipinski definition) is 26. The number of nitrogens with zero attached hydrogens (tertiary/aromatic N) is 2. The Labute approximate surface area is 654 Å². The molecule has 1 saturated heterocycles. The number of carbonyl (C=O) groups excluding carboxylic acids is 17. The molecular formula is C66H112N22O26. The average Bonchev–Trinajstić information content (AvgIpc) is 1.63. The van der Waals surface area contributed by atoms with Gasteiger partial charge < -0.3 is 145 Å². The lowest BCUT2D eigenvalue weighted by atomic mass is 10.00. The predicted molar refractivity (Wildman–Crippen MR) is 395 cm³/mol. The third kappa shape index (κ3) is 38.1. The molecule has 0 unspecified atom stereocenters. The minimum atomic E-state index is -2.17. The zero-order valence-electron chi connectivity index (χ0n) is 64.2. The zero-order valence-corrected chi connectivity index (χ0v) is 64.2. The lowest BCUT2D eigenvalue weighted by Crippen LogP contribution is -2.61. The number of hydrogen-bond donors (Lipinski definition) is 26. The maximum Gasteiger partial charge on any atom is 0.328 e. The second-order valence-corrected chi connectivity index (χ2v) is 27.7. The molecule has 642 valence electrons. The first-order chi connectivity index (χ1) is 53.3. The highest BCUT2D eigenvalue weighted by atomic mass is 16.4. The number of carboxylic acids is 3. The molecule has 0 aromatic rings. The summed E-state index contributed by atoms with van der Waals surface area (Å²) in [6, 6.07) is -24.1. The van der Waals surface area contributed by atoms with Crippen molar-refractivity contribution in [1.29, 1.82) is 0 Å². The molecule has 1 rings (SSSR count). The van der Waals surface area contributed by atoms with Crippen LogP contribution in [0.1, 0.15) is 144 Å². The largest absolute Gasteiger partial charge is 0.481 e. The number of aliphatic hydroxyl groups excluding tert-OH is 3. The number of aliphatic imine (C=N–C) groups is 1. The van der Waals surface area contributed by atoms with E-state index in [0.29, 0.717) is 0 Å². The lowest BCUT2D eigenvalue weighted by Gasteiger charge is -2.30. The Bertz CT molecular complexity index is 3430. The Kier molecular flexibility index (Phi) is 45.1. The van der Waals surface area contributed by atoms with E-state index in [-0.39, 0.29) is 89.3 Å². The van der Waals surface area contributed by atoms with Crippen LogP contribution in [0.3, 0.4) is 0 Å². The average molecular weight is 1630 g/mol. The maximum atomic E-state index is 14.5. The third-order valence-electron chi connectivity index (χ3n) is 17.0. The van der Waals surface area contributed by atoms with Gasteiger partial charge in [-0.2, -0.15) is 0 Å². The van der Waals surface area contributed by atoms with Gasteiger partial charge in [0.05, 0.1) is 45.1 Å². The van der Waals surface area contributed by atoms with E-state index < -0.39 is 280 Å². The van der Waals surface area contributed by atoms with Crippen LogP contribution in [-0.2, 0) is 95.9 Å². The van der Waals surface area contributed by atoms with Gasteiger partial charge in [-0.25, -0.2) is 4.79 Å². The monoisotopic (exact) mass is 1630 g/mol. The lowest BCUT2D eigenvalue weighted by molar-refractivity contribution is -0.144. The fraction of sp³-hybridized carbons (Fsp3) is 0.682. The van der Waals surface area contributed by atoms with Crippen LogP contribution in [0.25, 0.3) is 0 Å². The van der Waals surface area contributed by atoms with E-state index in [2.05, 4.69) is 68.8 Å². The van der Waals surface area contributed by atoms with E-state index in [9.17, 15) is 127 Å². The van der Waals surface area contributed by atoms with Gasteiger partial charge in [0.15, 0.2) is 5.96 Å². The van der Waals surface area contributed by atoms with Crippen molar-refractivity contribution >= 4 is 124 Å². The first kappa shape index (κ1) is 100. The van der Waals surface area contributed by atoms with Crippen LogP contribution in [0.2, 0.25) is 0 Å². The number of rotatable bonds is 55. The molecule has 1 aliphatic heterocycles. The molecule has 0 aromatic carbocycles. The van der Waals surface area contributed by atoms with Crippen LogP contribution in [0.5, 0.6) is 0 Å². The molecule has 15 atom stereocenters. The molecule has 0 aliphatic carbocycles. The number of likely N-dealkylation sites (tertiary alicyclic amines) is 1. The first-order valence-corrected chi connectivity index (χ1v) is 36.4. The van der Waals surface area contributed by atoms with Crippen molar-refractivity contribution in [3.05, 3.63) is 0 Å². The number of nitrogens with two attached hydrogens (primary N) is 7. The number of primary amides is 3. The van der Waals surface area contributed by atoms with Crippen LogP contribution in [-0.4, -0.2) is 290 Å². The molecule has 48 heteroatoms. The number of carboxylic acid groups (broad SMARTS) is 3. The fourth-order valence-corrected chi connectivity index (χ4v) is 11.0. The summed E-state index contributed by atoms with van der Waals surface area (Å²) in [5, 5.41) is 87.4. The Morgan fingerprint density at radius 3 is 1.32 bits per heavy atom. The molecule has 0 saturated carbocycles. The van der Waals surface area contributed by atoms with Crippen molar-refractivity contribution in [2.24, 2.45) is 57.0 Å². The highest BCUT2D eigenvalue weighted by Gasteiger charge is 2.42. The van der Waals surface area contributed by atoms with Crippen LogP contribution >= 0.6 is 0 Å². The van der Waals surface area contributed by atoms with E-state index in [0.717, 1.165) is 11.8 Å². The molecule has 33 N–H and O–H groups in total. The van der Waals surface area contributed by atoms with Crippen molar-refractivity contribution in [2.45, 2.75) is 235 Å². The molecule has 0 bridgehead atoms. The quantitative estimate of drug-likeness (QED) is 0.0153. The number of nitrogens with one attached hydrogen (secondary N) is 13. The summed E-state index contributed by atoms with van der Waals surface area (Å²) >= 11 is 0. The van der Waals surface area contributed by atoms with Crippen LogP contribution in [0.4, 0.5) is 0 Å².